The lowest BCUT2D eigenvalue weighted by Crippen LogP contribution is -2.27. The van der Waals surface area contributed by atoms with Crippen molar-refractivity contribution >= 4 is 5.69 Å². The van der Waals surface area contributed by atoms with Crippen LogP contribution in [0.15, 0.2) is 42.7 Å². The third-order valence-electron chi connectivity index (χ3n) is 5.21. The summed E-state index contributed by atoms with van der Waals surface area (Å²) in [7, 11) is 0. The maximum atomic E-state index is 14.7. The summed E-state index contributed by atoms with van der Waals surface area (Å²) in [6.07, 6.45) is 4.38. The molecule has 3 rings (SSSR count). The lowest BCUT2D eigenvalue weighted by Gasteiger charge is -2.18. The van der Waals surface area contributed by atoms with E-state index in [9.17, 15) is 18.3 Å². The monoisotopic (exact) mass is 459 g/mol. The molecule has 0 aliphatic heterocycles. The SMILES string of the molecule is CCC(C)c1ccncc1NCc1ccc(F)c(-c2c(F)cc(OCC(C)(C)O)cc2F)n1. The van der Waals surface area contributed by atoms with Crippen LogP contribution in [0.2, 0.25) is 0 Å². The molecular weight excluding hydrogens is 431 g/mol. The van der Waals surface area contributed by atoms with Gasteiger partial charge in [-0.2, -0.15) is 0 Å². The van der Waals surface area contributed by atoms with E-state index in [1.165, 1.54) is 19.9 Å². The van der Waals surface area contributed by atoms with Crippen LogP contribution >= 0.6 is 0 Å². The molecule has 176 valence electrons. The van der Waals surface area contributed by atoms with Crippen LogP contribution in [0.1, 0.15) is 51.3 Å². The van der Waals surface area contributed by atoms with Crippen molar-refractivity contribution in [1.82, 2.24) is 9.97 Å². The van der Waals surface area contributed by atoms with Gasteiger partial charge in [0, 0.05) is 18.3 Å². The molecule has 0 spiro atoms. The number of pyridine rings is 2. The summed E-state index contributed by atoms with van der Waals surface area (Å²) in [5.41, 5.74) is 0.146. The van der Waals surface area contributed by atoms with Gasteiger partial charge in [-0.05, 0) is 49.9 Å². The summed E-state index contributed by atoms with van der Waals surface area (Å²) in [6.45, 7) is 7.26. The maximum Gasteiger partial charge on any atom is 0.149 e. The van der Waals surface area contributed by atoms with Crippen molar-refractivity contribution in [1.29, 1.82) is 0 Å². The van der Waals surface area contributed by atoms with Crippen LogP contribution in [-0.2, 0) is 6.54 Å². The Kier molecular flexibility index (Phi) is 7.58. The highest BCUT2D eigenvalue weighted by molar-refractivity contribution is 5.63. The molecule has 0 saturated carbocycles. The number of nitrogens with one attached hydrogen (secondary N) is 1. The Morgan fingerprint density at radius 3 is 2.42 bits per heavy atom. The number of nitrogens with zero attached hydrogens (tertiary/aromatic N) is 2. The molecule has 0 fully saturated rings. The summed E-state index contributed by atoms with van der Waals surface area (Å²) >= 11 is 0. The van der Waals surface area contributed by atoms with E-state index >= 15 is 0 Å². The van der Waals surface area contributed by atoms with Crippen LogP contribution in [-0.4, -0.2) is 27.3 Å². The van der Waals surface area contributed by atoms with Crippen LogP contribution < -0.4 is 10.1 Å². The minimum atomic E-state index is -1.18. The van der Waals surface area contributed by atoms with Gasteiger partial charge in [0.25, 0.3) is 0 Å². The van der Waals surface area contributed by atoms with E-state index in [-0.39, 0.29) is 18.9 Å². The molecule has 3 aromatic rings. The normalized spacial score (nSPS) is 12.5. The molecule has 0 saturated heterocycles. The Morgan fingerprint density at radius 1 is 1.09 bits per heavy atom. The van der Waals surface area contributed by atoms with Crippen molar-refractivity contribution in [2.24, 2.45) is 0 Å². The highest BCUT2D eigenvalue weighted by Crippen LogP contribution is 2.31. The first-order chi connectivity index (χ1) is 15.6. The molecule has 2 aromatic heterocycles. The van der Waals surface area contributed by atoms with E-state index in [1.54, 1.807) is 12.4 Å². The van der Waals surface area contributed by atoms with Gasteiger partial charge in [0.05, 0.1) is 35.3 Å². The van der Waals surface area contributed by atoms with Gasteiger partial charge in [0.2, 0.25) is 0 Å². The average Bonchev–Trinajstić information content (AvgIpc) is 2.76. The molecule has 2 N–H and O–H groups in total. The van der Waals surface area contributed by atoms with Gasteiger partial charge < -0.3 is 15.2 Å². The molecule has 1 unspecified atom stereocenters. The lowest BCUT2D eigenvalue weighted by molar-refractivity contribution is 0.0282. The van der Waals surface area contributed by atoms with Crippen LogP contribution in [0.3, 0.4) is 0 Å². The van der Waals surface area contributed by atoms with Gasteiger partial charge in [-0.1, -0.05) is 13.8 Å². The van der Waals surface area contributed by atoms with Gasteiger partial charge >= 0.3 is 0 Å². The zero-order chi connectivity index (χ0) is 24.2. The quantitative estimate of drug-likeness (QED) is 0.421. The van der Waals surface area contributed by atoms with Gasteiger partial charge in [0.15, 0.2) is 0 Å². The third kappa shape index (κ3) is 6.22. The second kappa shape index (κ2) is 10.2. The third-order valence-corrected chi connectivity index (χ3v) is 5.21. The van der Waals surface area contributed by atoms with Gasteiger partial charge in [-0.25, -0.2) is 18.2 Å². The number of hydrogen-bond donors (Lipinski definition) is 2. The number of benzene rings is 1. The topological polar surface area (TPSA) is 67.3 Å². The van der Waals surface area contributed by atoms with Gasteiger partial charge in [-0.3, -0.25) is 4.98 Å². The largest absolute Gasteiger partial charge is 0.490 e. The number of aromatic nitrogens is 2. The average molecular weight is 460 g/mol. The lowest BCUT2D eigenvalue weighted by atomic mass is 9.98. The summed E-state index contributed by atoms with van der Waals surface area (Å²) in [4.78, 5) is 8.32. The van der Waals surface area contributed by atoms with E-state index in [0.717, 1.165) is 35.9 Å². The summed E-state index contributed by atoms with van der Waals surface area (Å²) in [5, 5.41) is 13.0. The smallest absolute Gasteiger partial charge is 0.149 e. The predicted octanol–water partition coefficient (Wildman–Crippen LogP) is 5.84. The molecule has 0 bridgehead atoms. The van der Waals surface area contributed by atoms with Gasteiger partial charge in [0.1, 0.15) is 35.5 Å². The standard InChI is InChI=1S/C25H28F3N3O2/c1-5-15(2)18-8-9-29-13-22(18)30-12-16-6-7-19(26)24(31-16)23-20(27)10-17(11-21(23)28)33-14-25(3,4)32/h6-11,13,15,30,32H,5,12,14H2,1-4H3. The zero-order valence-electron chi connectivity index (χ0n) is 19.1. The Hall–Kier alpha value is -3.13. The number of ether oxygens (including phenoxy) is 1. The first-order valence-electron chi connectivity index (χ1n) is 10.8. The molecule has 1 aromatic carbocycles. The van der Waals surface area contributed by atoms with E-state index in [4.69, 9.17) is 4.74 Å². The highest BCUT2D eigenvalue weighted by Gasteiger charge is 2.21. The number of aliphatic hydroxyl groups is 1. The number of halogens is 3. The van der Waals surface area contributed by atoms with Crippen molar-refractivity contribution in [3.05, 3.63) is 71.4 Å². The van der Waals surface area contributed by atoms with E-state index in [2.05, 4.69) is 29.1 Å². The fraction of sp³-hybridized carbons (Fsp3) is 0.360. The van der Waals surface area contributed by atoms with Crippen LogP contribution in [0.4, 0.5) is 18.9 Å². The fourth-order valence-electron chi connectivity index (χ4n) is 3.26. The maximum absolute atomic E-state index is 14.7. The minimum Gasteiger partial charge on any atom is -0.490 e. The first kappa shape index (κ1) is 24.5. The van der Waals surface area contributed by atoms with E-state index in [0.29, 0.717) is 11.6 Å². The molecule has 2 heterocycles. The number of hydrogen-bond acceptors (Lipinski definition) is 5. The van der Waals surface area contributed by atoms with Gasteiger partial charge in [-0.15, -0.1) is 0 Å². The molecule has 1 atom stereocenters. The van der Waals surface area contributed by atoms with Crippen molar-refractivity contribution in [3.63, 3.8) is 0 Å². The Bertz CT molecular complexity index is 1090. The Balaban J connectivity index is 1.85. The molecule has 0 aliphatic carbocycles. The van der Waals surface area contributed by atoms with E-state index < -0.39 is 34.3 Å². The van der Waals surface area contributed by atoms with Crippen LogP contribution in [0.25, 0.3) is 11.3 Å². The van der Waals surface area contributed by atoms with Crippen molar-refractivity contribution in [2.45, 2.75) is 52.2 Å². The van der Waals surface area contributed by atoms with Crippen molar-refractivity contribution < 1.29 is 23.0 Å². The Morgan fingerprint density at radius 2 is 1.79 bits per heavy atom. The number of anilines is 1. The van der Waals surface area contributed by atoms with E-state index in [1.807, 2.05) is 6.07 Å². The summed E-state index contributed by atoms with van der Waals surface area (Å²) in [5.74, 6) is -2.66. The molecule has 5 nitrogen and oxygen atoms in total. The minimum absolute atomic E-state index is 0.108. The molecular formula is C25H28F3N3O2. The van der Waals surface area contributed by atoms with Crippen LogP contribution in [0.5, 0.6) is 5.75 Å². The Labute approximate surface area is 191 Å². The highest BCUT2D eigenvalue weighted by atomic mass is 19.1. The fourth-order valence-corrected chi connectivity index (χ4v) is 3.26. The van der Waals surface area contributed by atoms with Crippen molar-refractivity contribution in [3.8, 4) is 17.0 Å². The second-order valence-corrected chi connectivity index (χ2v) is 8.62. The molecule has 0 radical (unpaired) electrons. The van der Waals surface area contributed by atoms with Crippen molar-refractivity contribution in [2.75, 3.05) is 11.9 Å². The predicted molar refractivity (Wildman–Crippen MR) is 122 cm³/mol. The second-order valence-electron chi connectivity index (χ2n) is 8.62. The zero-order valence-corrected chi connectivity index (χ0v) is 19.1. The summed E-state index contributed by atoms with van der Waals surface area (Å²) < 4.78 is 49.2. The summed E-state index contributed by atoms with van der Waals surface area (Å²) in [6, 6.07) is 6.43. The number of rotatable bonds is 9. The van der Waals surface area contributed by atoms with Crippen LogP contribution in [0, 0.1) is 17.5 Å². The molecule has 8 heteroatoms. The molecule has 33 heavy (non-hydrogen) atoms. The molecule has 0 aliphatic rings. The first-order valence-corrected chi connectivity index (χ1v) is 10.8. The molecule has 0 amide bonds.